The standard InChI is InChI=1S/C12H11NO4/c14-10(12(15)16)7-3-4-9-8(5-7)13-11(17-9)6-1-2-6/h3-6,10,14H,1-2H2,(H,15,16). The predicted octanol–water partition coefficient (Wildman–Crippen LogP) is 1.82. The van der Waals surface area contributed by atoms with Crippen molar-refractivity contribution in [2.45, 2.75) is 24.9 Å². The zero-order valence-electron chi connectivity index (χ0n) is 8.96. The molecular weight excluding hydrogens is 222 g/mol. The maximum atomic E-state index is 10.7. The molecule has 1 aromatic carbocycles. The average molecular weight is 233 g/mol. The number of carboxylic acids is 1. The van der Waals surface area contributed by atoms with Crippen LogP contribution in [0.25, 0.3) is 11.1 Å². The van der Waals surface area contributed by atoms with Crippen LogP contribution in [0.5, 0.6) is 0 Å². The smallest absolute Gasteiger partial charge is 0.337 e. The van der Waals surface area contributed by atoms with E-state index in [2.05, 4.69) is 4.98 Å². The third-order valence-corrected chi connectivity index (χ3v) is 2.90. The number of hydrogen-bond acceptors (Lipinski definition) is 4. The van der Waals surface area contributed by atoms with Gasteiger partial charge in [0.2, 0.25) is 0 Å². The number of fused-ring (bicyclic) bond motifs is 1. The molecule has 88 valence electrons. The number of carboxylic acid groups (broad SMARTS) is 1. The number of aliphatic carboxylic acids is 1. The summed E-state index contributed by atoms with van der Waals surface area (Å²) < 4.78 is 5.55. The van der Waals surface area contributed by atoms with Gasteiger partial charge >= 0.3 is 5.97 Å². The highest BCUT2D eigenvalue weighted by atomic mass is 16.4. The van der Waals surface area contributed by atoms with Gasteiger partial charge in [0.25, 0.3) is 0 Å². The molecule has 2 N–H and O–H groups in total. The Kier molecular flexibility index (Phi) is 2.16. The summed E-state index contributed by atoms with van der Waals surface area (Å²) in [5.41, 5.74) is 1.55. The molecule has 0 radical (unpaired) electrons. The Morgan fingerprint density at radius 2 is 2.24 bits per heavy atom. The van der Waals surface area contributed by atoms with Gasteiger partial charge in [0.1, 0.15) is 5.52 Å². The van der Waals surface area contributed by atoms with E-state index < -0.39 is 12.1 Å². The van der Waals surface area contributed by atoms with E-state index in [-0.39, 0.29) is 0 Å². The molecule has 5 nitrogen and oxygen atoms in total. The Morgan fingerprint density at radius 3 is 2.88 bits per heavy atom. The summed E-state index contributed by atoms with van der Waals surface area (Å²) in [6.45, 7) is 0. The summed E-state index contributed by atoms with van der Waals surface area (Å²) in [5, 5.41) is 18.1. The van der Waals surface area contributed by atoms with Crippen LogP contribution >= 0.6 is 0 Å². The van der Waals surface area contributed by atoms with Crippen LogP contribution in [0.3, 0.4) is 0 Å². The minimum Gasteiger partial charge on any atom is -0.479 e. The molecule has 1 heterocycles. The summed E-state index contributed by atoms with van der Waals surface area (Å²) in [6.07, 6.45) is 0.676. The van der Waals surface area contributed by atoms with Gasteiger partial charge in [-0.1, -0.05) is 6.07 Å². The minimum atomic E-state index is -1.51. The van der Waals surface area contributed by atoms with Crippen molar-refractivity contribution in [1.82, 2.24) is 4.98 Å². The highest BCUT2D eigenvalue weighted by molar-refractivity contribution is 5.78. The van der Waals surface area contributed by atoms with Gasteiger partial charge in [-0.3, -0.25) is 0 Å². The first-order chi connectivity index (χ1) is 8.15. The second-order valence-electron chi connectivity index (χ2n) is 4.29. The number of aliphatic hydroxyl groups is 1. The molecule has 3 rings (SSSR count). The number of rotatable bonds is 3. The van der Waals surface area contributed by atoms with Crippen LogP contribution in [0.4, 0.5) is 0 Å². The fraction of sp³-hybridized carbons (Fsp3) is 0.333. The van der Waals surface area contributed by atoms with Crippen molar-refractivity contribution in [3.63, 3.8) is 0 Å². The van der Waals surface area contributed by atoms with Crippen LogP contribution in [0, 0.1) is 0 Å². The Labute approximate surface area is 96.7 Å². The van der Waals surface area contributed by atoms with E-state index in [4.69, 9.17) is 9.52 Å². The second kappa shape index (κ2) is 3.56. The van der Waals surface area contributed by atoms with Crippen molar-refractivity contribution < 1.29 is 19.4 Å². The van der Waals surface area contributed by atoms with Crippen molar-refractivity contribution in [1.29, 1.82) is 0 Å². The molecule has 0 spiro atoms. The minimum absolute atomic E-state index is 0.320. The topological polar surface area (TPSA) is 83.6 Å². The lowest BCUT2D eigenvalue weighted by Gasteiger charge is -2.03. The van der Waals surface area contributed by atoms with Crippen LogP contribution in [0.15, 0.2) is 22.6 Å². The fourth-order valence-corrected chi connectivity index (χ4v) is 1.78. The molecule has 1 aromatic heterocycles. The third kappa shape index (κ3) is 1.78. The second-order valence-corrected chi connectivity index (χ2v) is 4.29. The summed E-state index contributed by atoms with van der Waals surface area (Å²) >= 11 is 0. The van der Waals surface area contributed by atoms with Crippen molar-refractivity contribution in [3.05, 3.63) is 29.7 Å². The molecule has 1 aliphatic carbocycles. The molecule has 5 heteroatoms. The van der Waals surface area contributed by atoms with E-state index in [0.717, 1.165) is 12.8 Å². The van der Waals surface area contributed by atoms with Crippen LogP contribution in [0.1, 0.15) is 36.3 Å². The van der Waals surface area contributed by atoms with Crippen molar-refractivity contribution in [2.75, 3.05) is 0 Å². The molecule has 1 fully saturated rings. The summed E-state index contributed by atoms with van der Waals surface area (Å²) in [4.78, 5) is 15.0. The number of aliphatic hydroxyl groups excluding tert-OH is 1. The van der Waals surface area contributed by atoms with Gasteiger partial charge in [-0.05, 0) is 30.5 Å². The van der Waals surface area contributed by atoms with Gasteiger partial charge in [0, 0.05) is 5.92 Å². The van der Waals surface area contributed by atoms with E-state index in [1.807, 2.05) is 0 Å². The van der Waals surface area contributed by atoms with Crippen LogP contribution < -0.4 is 0 Å². The van der Waals surface area contributed by atoms with Gasteiger partial charge in [-0.25, -0.2) is 9.78 Å². The van der Waals surface area contributed by atoms with Gasteiger partial charge in [0.15, 0.2) is 17.6 Å². The van der Waals surface area contributed by atoms with Crippen molar-refractivity contribution in [3.8, 4) is 0 Å². The van der Waals surface area contributed by atoms with Crippen molar-refractivity contribution >= 4 is 17.1 Å². The van der Waals surface area contributed by atoms with E-state index in [1.54, 1.807) is 18.2 Å². The van der Waals surface area contributed by atoms with Gasteiger partial charge in [0.05, 0.1) is 0 Å². The zero-order valence-corrected chi connectivity index (χ0v) is 8.96. The van der Waals surface area contributed by atoms with Crippen LogP contribution in [0.2, 0.25) is 0 Å². The maximum absolute atomic E-state index is 10.7. The Morgan fingerprint density at radius 1 is 1.47 bits per heavy atom. The van der Waals surface area contributed by atoms with E-state index in [1.165, 1.54) is 0 Å². The number of carbonyl (C=O) groups is 1. The van der Waals surface area contributed by atoms with Crippen molar-refractivity contribution in [2.24, 2.45) is 0 Å². The number of nitrogens with zero attached hydrogens (tertiary/aromatic N) is 1. The van der Waals surface area contributed by atoms with Gasteiger partial charge in [-0.2, -0.15) is 0 Å². The highest BCUT2D eigenvalue weighted by Gasteiger charge is 2.29. The Hall–Kier alpha value is -1.88. The van der Waals surface area contributed by atoms with Crippen LogP contribution in [-0.4, -0.2) is 21.2 Å². The largest absolute Gasteiger partial charge is 0.479 e. The van der Waals surface area contributed by atoms with E-state index in [9.17, 15) is 9.90 Å². The molecule has 1 saturated carbocycles. The Bertz CT molecular complexity index is 585. The predicted molar refractivity (Wildman–Crippen MR) is 58.6 cm³/mol. The summed E-state index contributed by atoms with van der Waals surface area (Å²) in [5.74, 6) is -0.146. The monoisotopic (exact) mass is 233 g/mol. The quantitative estimate of drug-likeness (QED) is 0.844. The molecule has 1 atom stereocenters. The normalized spacial score (nSPS) is 17.2. The molecule has 2 aromatic rings. The molecule has 0 amide bonds. The molecule has 1 aliphatic rings. The van der Waals surface area contributed by atoms with E-state index >= 15 is 0 Å². The number of benzene rings is 1. The first kappa shape index (κ1) is 10.3. The molecular formula is C12H11NO4. The Balaban J connectivity index is 2.02. The van der Waals surface area contributed by atoms with Gasteiger partial charge in [-0.15, -0.1) is 0 Å². The molecule has 1 unspecified atom stereocenters. The number of aromatic nitrogens is 1. The third-order valence-electron chi connectivity index (χ3n) is 2.90. The first-order valence-electron chi connectivity index (χ1n) is 5.46. The molecule has 0 bridgehead atoms. The maximum Gasteiger partial charge on any atom is 0.337 e. The van der Waals surface area contributed by atoms with E-state index in [0.29, 0.717) is 28.5 Å². The molecule has 0 aliphatic heterocycles. The molecule has 0 saturated heterocycles. The van der Waals surface area contributed by atoms with Gasteiger partial charge < -0.3 is 14.6 Å². The lowest BCUT2D eigenvalue weighted by molar-refractivity contribution is -0.146. The van der Waals surface area contributed by atoms with Crippen LogP contribution in [-0.2, 0) is 4.79 Å². The summed E-state index contributed by atoms with van der Waals surface area (Å²) in [7, 11) is 0. The highest BCUT2D eigenvalue weighted by Crippen LogP contribution is 2.40. The lowest BCUT2D eigenvalue weighted by Crippen LogP contribution is -2.10. The SMILES string of the molecule is O=C(O)C(O)c1ccc2oc(C3CC3)nc2c1. The fourth-order valence-electron chi connectivity index (χ4n) is 1.78. The lowest BCUT2D eigenvalue weighted by atomic mass is 10.1. The molecule has 17 heavy (non-hydrogen) atoms. The number of hydrogen-bond donors (Lipinski definition) is 2. The first-order valence-corrected chi connectivity index (χ1v) is 5.46. The number of oxazole rings is 1. The zero-order chi connectivity index (χ0) is 12.0. The average Bonchev–Trinajstić information content (AvgIpc) is 3.07. The summed E-state index contributed by atoms with van der Waals surface area (Å²) in [6, 6.07) is 4.75.